The highest BCUT2D eigenvalue weighted by molar-refractivity contribution is 5.98. The maximum atomic E-state index is 2.48. The Morgan fingerprint density at radius 2 is 0.797 bits per heavy atom. The molecule has 0 aromatic heterocycles. The first-order valence-electron chi connectivity index (χ1n) is 24.2. The zero-order valence-corrected chi connectivity index (χ0v) is 38.8. The van der Waals surface area contributed by atoms with Crippen LogP contribution in [0.5, 0.6) is 0 Å². The first-order chi connectivity index (χ1) is 34.0. The first-order valence-corrected chi connectivity index (χ1v) is 24.2. The highest BCUT2D eigenvalue weighted by Crippen LogP contribution is 2.58. The van der Waals surface area contributed by atoms with Crippen molar-refractivity contribution in [1.29, 1.82) is 0 Å². The Kier molecular flexibility index (Phi) is 9.49. The number of para-hydroxylation sites is 1. The highest BCUT2D eigenvalue weighted by atomic mass is 15.1. The fraction of sp³-hybridized carbons (Fsp3) is 0.0588. The molecule has 0 unspecified atom stereocenters. The molecule has 11 aromatic rings. The predicted octanol–water partition coefficient (Wildman–Crippen LogP) is 18.0. The summed E-state index contributed by atoms with van der Waals surface area (Å²) >= 11 is 0. The summed E-state index contributed by atoms with van der Waals surface area (Å²) in [6, 6.07) is 96.9. The summed E-state index contributed by atoms with van der Waals surface area (Å²) in [5.74, 6) is 0. The summed E-state index contributed by atoms with van der Waals surface area (Å²) in [5, 5.41) is 2.49. The molecule has 0 fully saturated rings. The number of hydrogen-bond donors (Lipinski definition) is 0. The van der Waals surface area contributed by atoms with Crippen LogP contribution in [0.25, 0.3) is 66.4 Å². The van der Waals surface area contributed by atoms with Gasteiger partial charge in [0, 0.05) is 22.4 Å². The van der Waals surface area contributed by atoms with Gasteiger partial charge in [0.1, 0.15) is 0 Å². The van der Waals surface area contributed by atoms with E-state index >= 15 is 0 Å². The monoisotopic (exact) mass is 879 g/mol. The van der Waals surface area contributed by atoms with Crippen LogP contribution >= 0.6 is 0 Å². The molecular weight excluding hydrogens is 831 g/mol. The Morgan fingerprint density at radius 3 is 1.55 bits per heavy atom. The molecule has 0 spiro atoms. The second-order valence-electron chi connectivity index (χ2n) is 19.2. The standard InChI is InChI=1S/C68H49N/c1-67(2)62-32-14-11-29-58(62)60-41-37-48(44-64(60)67)46-35-38-53(39-36-46)69(66-34-16-13-28-57(66)50-22-17-21-49(43-50)56-31-18-20-47-19-9-10-27-55(47)56)54-40-42-61-59-30-12-15-33-63(59)68(65(61)45-54,51-23-5-3-6-24-51)52-25-7-4-8-26-52/h3-45H,1-2H3. The molecule has 0 heterocycles. The maximum absolute atomic E-state index is 2.48. The Balaban J connectivity index is 1.00. The number of hydrogen-bond acceptors (Lipinski definition) is 1. The summed E-state index contributed by atoms with van der Waals surface area (Å²) in [7, 11) is 0. The van der Waals surface area contributed by atoms with E-state index in [1.807, 2.05) is 0 Å². The van der Waals surface area contributed by atoms with E-state index in [-0.39, 0.29) is 5.41 Å². The second-order valence-corrected chi connectivity index (χ2v) is 19.2. The van der Waals surface area contributed by atoms with Crippen LogP contribution in [0.3, 0.4) is 0 Å². The Bertz CT molecular complexity index is 3700. The van der Waals surface area contributed by atoms with Gasteiger partial charge in [-0.15, -0.1) is 0 Å². The zero-order chi connectivity index (χ0) is 46.1. The molecule has 0 aliphatic heterocycles. The lowest BCUT2D eigenvalue weighted by Crippen LogP contribution is -2.28. The minimum absolute atomic E-state index is 0.0742. The largest absolute Gasteiger partial charge is 0.310 e. The van der Waals surface area contributed by atoms with Crippen LogP contribution in [-0.2, 0) is 10.8 Å². The molecule has 11 aromatic carbocycles. The van der Waals surface area contributed by atoms with Crippen molar-refractivity contribution in [3.05, 3.63) is 294 Å². The molecule has 0 saturated carbocycles. The fourth-order valence-corrected chi connectivity index (χ4v) is 11.9. The number of rotatable bonds is 8. The van der Waals surface area contributed by atoms with Crippen molar-refractivity contribution in [2.75, 3.05) is 4.90 Å². The maximum Gasteiger partial charge on any atom is 0.0714 e. The van der Waals surface area contributed by atoms with Crippen LogP contribution in [0.15, 0.2) is 261 Å². The van der Waals surface area contributed by atoms with Gasteiger partial charge in [-0.1, -0.05) is 232 Å². The minimum Gasteiger partial charge on any atom is -0.310 e. The summed E-state index contributed by atoms with van der Waals surface area (Å²) < 4.78 is 0. The molecule has 0 radical (unpaired) electrons. The van der Waals surface area contributed by atoms with E-state index in [0.29, 0.717) is 0 Å². The van der Waals surface area contributed by atoms with Gasteiger partial charge in [-0.05, 0) is 137 Å². The summed E-state index contributed by atoms with van der Waals surface area (Å²) in [4.78, 5) is 2.48. The molecule has 2 aliphatic rings. The molecule has 0 amide bonds. The average molecular weight is 880 g/mol. The van der Waals surface area contributed by atoms with Crippen molar-refractivity contribution in [2.24, 2.45) is 0 Å². The molecule has 0 bridgehead atoms. The zero-order valence-electron chi connectivity index (χ0n) is 38.8. The Hall–Kier alpha value is -8.52. The fourth-order valence-electron chi connectivity index (χ4n) is 11.9. The topological polar surface area (TPSA) is 3.24 Å². The molecule has 0 saturated heterocycles. The van der Waals surface area contributed by atoms with Crippen molar-refractivity contribution in [1.82, 2.24) is 0 Å². The van der Waals surface area contributed by atoms with Crippen LogP contribution in [0, 0.1) is 0 Å². The van der Waals surface area contributed by atoms with Crippen LogP contribution in [-0.4, -0.2) is 0 Å². The van der Waals surface area contributed by atoms with Crippen LogP contribution in [0.2, 0.25) is 0 Å². The third kappa shape index (κ3) is 6.38. The van der Waals surface area contributed by atoms with Gasteiger partial charge in [0.2, 0.25) is 0 Å². The Morgan fingerprint density at radius 1 is 0.290 bits per heavy atom. The third-order valence-electron chi connectivity index (χ3n) is 15.2. The Labute approximate surface area is 405 Å². The number of fused-ring (bicyclic) bond motifs is 7. The van der Waals surface area contributed by atoms with Gasteiger partial charge in [-0.3, -0.25) is 0 Å². The number of anilines is 3. The smallest absolute Gasteiger partial charge is 0.0714 e. The van der Waals surface area contributed by atoms with Gasteiger partial charge in [0.15, 0.2) is 0 Å². The lowest BCUT2D eigenvalue weighted by atomic mass is 9.67. The molecule has 0 N–H and O–H groups in total. The second kappa shape index (κ2) is 16.1. The van der Waals surface area contributed by atoms with Gasteiger partial charge in [-0.25, -0.2) is 0 Å². The van der Waals surface area contributed by atoms with E-state index in [1.54, 1.807) is 0 Å². The lowest BCUT2D eigenvalue weighted by molar-refractivity contribution is 0.660. The first kappa shape index (κ1) is 40.7. The highest BCUT2D eigenvalue weighted by Gasteiger charge is 2.46. The lowest BCUT2D eigenvalue weighted by Gasteiger charge is -2.35. The SMILES string of the molecule is CC1(C)c2ccccc2-c2ccc(-c3ccc(N(c4ccc5c(c4)C(c4ccccc4)(c4ccccc4)c4ccccc4-5)c4ccccc4-c4cccc(-c5cccc6ccccc56)c4)cc3)cc21. The van der Waals surface area contributed by atoms with E-state index in [1.165, 1.54) is 88.7 Å². The van der Waals surface area contributed by atoms with Crippen molar-refractivity contribution in [3.8, 4) is 55.6 Å². The van der Waals surface area contributed by atoms with Gasteiger partial charge >= 0.3 is 0 Å². The quantitative estimate of drug-likeness (QED) is 0.147. The predicted molar refractivity (Wildman–Crippen MR) is 290 cm³/mol. The van der Waals surface area contributed by atoms with Gasteiger partial charge in [-0.2, -0.15) is 0 Å². The molecular formula is C68H49N. The molecule has 69 heavy (non-hydrogen) atoms. The van der Waals surface area contributed by atoms with E-state index in [4.69, 9.17) is 0 Å². The van der Waals surface area contributed by atoms with E-state index in [2.05, 4.69) is 280 Å². The molecule has 13 rings (SSSR count). The molecule has 0 atom stereocenters. The van der Waals surface area contributed by atoms with Crippen LogP contribution in [0.1, 0.15) is 47.2 Å². The summed E-state index contributed by atoms with van der Waals surface area (Å²) in [6.45, 7) is 4.72. The summed E-state index contributed by atoms with van der Waals surface area (Å²) in [6.07, 6.45) is 0. The van der Waals surface area contributed by atoms with E-state index < -0.39 is 5.41 Å². The minimum atomic E-state index is -0.534. The molecule has 326 valence electrons. The third-order valence-corrected chi connectivity index (χ3v) is 15.2. The van der Waals surface area contributed by atoms with Crippen LogP contribution < -0.4 is 4.90 Å². The molecule has 1 nitrogen and oxygen atoms in total. The van der Waals surface area contributed by atoms with Crippen LogP contribution in [0.4, 0.5) is 17.1 Å². The van der Waals surface area contributed by atoms with Gasteiger partial charge in [0.25, 0.3) is 0 Å². The van der Waals surface area contributed by atoms with Gasteiger partial charge < -0.3 is 4.90 Å². The molecule has 2 aliphatic carbocycles. The van der Waals surface area contributed by atoms with Crippen molar-refractivity contribution in [2.45, 2.75) is 24.7 Å². The molecule has 1 heteroatoms. The van der Waals surface area contributed by atoms with Crippen molar-refractivity contribution >= 4 is 27.8 Å². The average Bonchev–Trinajstić information content (AvgIpc) is 3.84. The van der Waals surface area contributed by atoms with E-state index in [0.717, 1.165) is 28.2 Å². The van der Waals surface area contributed by atoms with E-state index in [9.17, 15) is 0 Å². The van der Waals surface area contributed by atoms with Gasteiger partial charge in [0.05, 0.1) is 11.1 Å². The normalized spacial score (nSPS) is 13.6. The van der Waals surface area contributed by atoms with Crippen molar-refractivity contribution < 1.29 is 0 Å². The number of nitrogens with zero attached hydrogens (tertiary/aromatic N) is 1. The number of benzene rings is 11. The summed E-state index contributed by atoms with van der Waals surface area (Å²) in [5.41, 5.74) is 22.9. The van der Waals surface area contributed by atoms with Crippen molar-refractivity contribution in [3.63, 3.8) is 0 Å².